The molecule has 5 heteroatoms. The van der Waals surface area contributed by atoms with Gasteiger partial charge in [0.25, 0.3) is 0 Å². The summed E-state index contributed by atoms with van der Waals surface area (Å²) in [7, 11) is 0. The Morgan fingerprint density at radius 3 is 2.52 bits per heavy atom. The predicted molar refractivity (Wildman–Crippen MR) is 93.1 cm³/mol. The molecule has 3 aromatic rings. The maximum Gasteiger partial charge on any atom is 0.218 e. The molecule has 122 valence electrons. The number of rotatable bonds is 5. The summed E-state index contributed by atoms with van der Waals surface area (Å²) in [6.07, 6.45) is 0. The number of H-pyrrole nitrogens is 1. The summed E-state index contributed by atoms with van der Waals surface area (Å²) in [6, 6.07) is 15.2. The van der Waals surface area contributed by atoms with Gasteiger partial charge in [-0.25, -0.2) is 5.43 Å². The van der Waals surface area contributed by atoms with Crippen LogP contribution in [0, 0.1) is 6.92 Å². The van der Waals surface area contributed by atoms with E-state index < -0.39 is 0 Å². The van der Waals surface area contributed by atoms with Crippen molar-refractivity contribution in [3.8, 4) is 11.6 Å². The second-order valence-electron chi connectivity index (χ2n) is 4.95. The number of phenolic OH excluding ortho intramolecular Hbond substituents is 1. The minimum Gasteiger partial charge on any atom is -0.508 e. The lowest BCUT2D eigenvalue weighted by molar-refractivity contribution is 0.141. The van der Waals surface area contributed by atoms with Crippen molar-refractivity contribution in [2.24, 2.45) is 0 Å². The predicted octanol–water partition coefficient (Wildman–Crippen LogP) is 3.80. The summed E-state index contributed by atoms with van der Waals surface area (Å²) in [5.41, 5.74) is 8.99. The van der Waals surface area contributed by atoms with E-state index in [1.807, 2.05) is 19.9 Å². The first-order chi connectivity index (χ1) is 11.2. The normalized spacial score (nSPS) is 10.2. The summed E-state index contributed by atoms with van der Waals surface area (Å²) in [5.74, 6) is 0.811. The third-order valence-electron chi connectivity index (χ3n) is 3.23. The summed E-state index contributed by atoms with van der Waals surface area (Å²) in [5, 5.41) is 10.3. The van der Waals surface area contributed by atoms with Gasteiger partial charge in [0, 0.05) is 23.5 Å². The summed E-state index contributed by atoms with van der Waals surface area (Å²) >= 11 is 0. The molecule has 0 fully saturated rings. The van der Waals surface area contributed by atoms with E-state index in [4.69, 9.17) is 4.84 Å². The molecule has 0 aliphatic rings. The molecule has 0 spiro atoms. The molecule has 0 saturated carbocycles. The number of fused-ring (bicyclic) bond motifs is 1. The number of hydrogen-bond donors (Lipinski definition) is 4. The maximum atomic E-state index is 9.42. The van der Waals surface area contributed by atoms with Crippen LogP contribution in [0.1, 0.15) is 25.0 Å². The van der Waals surface area contributed by atoms with Crippen molar-refractivity contribution in [3.63, 3.8) is 0 Å². The van der Waals surface area contributed by atoms with E-state index in [9.17, 15) is 5.11 Å². The summed E-state index contributed by atoms with van der Waals surface area (Å²) < 4.78 is 0. The van der Waals surface area contributed by atoms with Gasteiger partial charge in [-0.3, -0.25) is 0 Å². The Balaban J connectivity index is 0.000000924. The van der Waals surface area contributed by atoms with Crippen LogP contribution in [0.15, 0.2) is 48.5 Å². The molecule has 0 bridgehead atoms. The lowest BCUT2D eigenvalue weighted by Crippen LogP contribution is -2.34. The van der Waals surface area contributed by atoms with E-state index in [-0.39, 0.29) is 5.75 Å². The average molecular weight is 313 g/mol. The molecule has 23 heavy (non-hydrogen) atoms. The average Bonchev–Trinajstić information content (AvgIpc) is 2.97. The smallest absolute Gasteiger partial charge is 0.218 e. The Labute approximate surface area is 136 Å². The number of nitrogens with one attached hydrogen (secondary N) is 3. The van der Waals surface area contributed by atoms with E-state index in [2.05, 4.69) is 47.2 Å². The van der Waals surface area contributed by atoms with E-state index >= 15 is 0 Å². The molecule has 0 radical (unpaired) electrons. The van der Waals surface area contributed by atoms with E-state index in [1.165, 1.54) is 11.1 Å². The molecule has 0 unspecified atom stereocenters. The van der Waals surface area contributed by atoms with E-state index in [1.54, 1.807) is 18.2 Å². The monoisotopic (exact) mass is 313 g/mol. The molecule has 0 amide bonds. The van der Waals surface area contributed by atoms with Crippen molar-refractivity contribution < 1.29 is 9.94 Å². The molecule has 3 rings (SSSR count). The number of phenols is 1. The Bertz CT molecular complexity index is 736. The van der Waals surface area contributed by atoms with Gasteiger partial charge in [0.15, 0.2) is 0 Å². The van der Waals surface area contributed by atoms with Gasteiger partial charge < -0.3 is 14.9 Å². The van der Waals surface area contributed by atoms with Crippen molar-refractivity contribution in [2.45, 2.75) is 27.3 Å². The third-order valence-corrected chi connectivity index (χ3v) is 3.23. The van der Waals surface area contributed by atoms with Crippen molar-refractivity contribution in [3.05, 3.63) is 59.7 Å². The zero-order valence-electron chi connectivity index (χ0n) is 13.7. The molecule has 0 atom stereocenters. The maximum absolute atomic E-state index is 9.42. The number of aryl methyl sites for hydroxylation is 1. The van der Waals surface area contributed by atoms with Crippen LogP contribution < -0.4 is 15.9 Å². The highest BCUT2D eigenvalue weighted by Crippen LogP contribution is 2.23. The fourth-order valence-electron chi connectivity index (χ4n) is 2.08. The van der Waals surface area contributed by atoms with Crippen LogP contribution in [0.3, 0.4) is 0 Å². The van der Waals surface area contributed by atoms with E-state index in [0.29, 0.717) is 12.4 Å². The van der Waals surface area contributed by atoms with Crippen LogP contribution in [0.5, 0.6) is 11.6 Å². The quantitative estimate of drug-likeness (QED) is 0.427. The van der Waals surface area contributed by atoms with Gasteiger partial charge in [0.2, 0.25) is 5.88 Å². The number of benzene rings is 2. The molecule has 0 saturated heterocycles. The molecule has 1 heterocycles. The zero-order valence-corrected chi connectivity index (χ0v) is 13.7. The van der Waals surface area contributed by atoms with Crippen LogP contribution >= 0.6 is 0 Å². The molecule has 0 aliphatic carbocycles. The van der Waals surface area contributed by atoms with E-state index in [0.717, 1.165) is 10.9 Å². The van der Waals surface area contributed by atoms with Crippen LogP contribution in [0.4, 0.5) is 0 Å². The Morgan fingerprint density at radius 1 is 1.04 bits per heavy atom. The van der Waals surface area contributed by atoms with Crippen LogP contribution in [-0.4, -0.2) is 10.1 Å². The van der Waals surface area contributed by atoms with Crippen molar-refractivity contribution in [2.75, 3.05) is 0 Å². The van der Waals surface area contributed by atoms with Gasteiger partial charge in [0.05, 0.1) is 0 Å². The van der Waals surface area contributed by atoms with Gasteiger partial charge in [-0.15, -0.1) is 0 Å². The van der Waals surface area contributed by atoms with Gasteiger partial charge in [-0.2, -0.15) is 0 Å². The molecule has 1 aromatic heterocycles. The SMILES string of the molecule is CC.Cc1ccc(CNNOc2cc3cc(O)ccc3[nH]2)cc1. The second kappa shape index (κ2) is 8.22. The molecule has 4 N–H and O–H groups in total. The lowest BCUT2D eigenvalue weighted by Gasteiger charge is -2.07. The first kappa shape index (κ1) is 16.9. The number of hydrazine groups is 1. The zero-order chi connectivity index (χ0) is 16.7. The first-order valence-electron chi connectivity index (χ1n) is 7.73. The van der Waals surface area contributed by atoms with Gasteiger partial charge in [-0.05, 0) is 30.7 Å². The third kappa shape index (κ3) is 4.74. The molecule has 5 nitrogen and oxygen atoms in total. The summed E-state index contributed by atoms with van der Waals surface area (Å²) in [6.45, 7) is 6.72. The van der Waals surface area contributed by atoms with Crippen molar-refractivity contribution >= 4 is 10.9 Å². The number of aromatic hydroxyl groups is 1. The molecular formula is C18H23N3O2. The molecular weight excluding hydrogens is 290 g/mol. The number of aromatic nitrogens is 1. The van der Waals surface area contributed by atoms with Crippen LogP contribution in [0.25, 0.3) is 10.9 Å². The summed E-state index contributed by atoms with van der Waals surface area (Å²) in [4.78, 5) is 8.47. The minimum absolute atomic E-state index is 0.235. The fourth-order valence-corrected chi connectivity index (χ4v) is 2.08. The highest BCUT2D eigenvalue weighted by atomic mass is 16.7. The largest absolute Gasteiger partial charge is 0.508 e. The number of aromatic amines is 1. The Hall–Kier alpha value is -2.50. The molecule has 2 aromatic carbocycles. The number of hydrogen-bond acceptors (Lipinski definition) is 4. The lowest BCUT2D eigenvalue weighted by atomic mass is 10.1. The van der Waals surface area contributed by atoms with Crippen LogP contribution in [0.2, 0.25) is 0 Å². The van der Waals surface area contributed by atoms with Crippen molar-refractivity contribution in [1.29, 1.82) is 0 Å². The van der Waals surface area contributed by atoms with Gasteiger partial charge >= 0.3 is 0 Å². The van der Waals surface area contributed by atoms with Crippen LogP contribution in [-0.2, 0) is 6.54 Å². The Morgan fingerprint density at radius 2 is 1.78 bits per heavy atom. The second-order valence-corrected chi connectivity index (χ2v) is 4.95. The first-order valence-corrected chi connectivity index (χ1v) is 7.73. The van der Waals surface area contributed by atoms with Gasteiger partial charge in [0.1, 0.15) is 5.75 Å². The topological polar surface area (TPSA) is 69.3 Å². The Kier molecular flexibility index (Phi) is 6.02. The highest BCUT2D eigenvalue weighted by Gasteiger charge is 2.02. The molecule has 0 aliphatic heterocycles. The fraction of sp³-hybridized carbons (Fsp3) is 0.222. The van der Waals surface area contributed by atoms with Gasteiger partial charge in [-0.1, -0.05) is 49.3 Å². The minimum atomic E-state index is 0.235. The standard InChI is InChI=1S/C16H17N3O2.C2H6/c1-11-2-4-12(5-3-11)10-17-19-21-16-9-13-8-14(20)6-7-15(13)18-16;1-2/h2-9,17-20H,10H2,1H3;1-2H3. The highest BCUT2D eigenvalue weighted by molar-refractivity contribution is 5.82. The van der Waals surface area contributed by atoms with Crippen molar-refractivity contribution in [1.82, 2.24) is 16.0 Å².